The lowest BCUT2D eigenvalue weighted by Gasteiger charge is -2.17. The molecule has 3 nitrogen and oxygen atoms in total. The van der Waals surface area contributed by atoms with Gasteiger partial charge in [-0.3, -0.25) is 0 Å². The average molecular weight is 282 g/mol. The monoisotopic (exact) mass is 282 g/mol. The van der Waals surface area contributed by atoms with Gasteiger partial charge < -0.3 is 15.3 Å². The first-order chi connectivity index (χ1) is 10.2. The van der Waals surface area contributed by atoms with Crippen LogP contribution in [0.25, 0.3) is 0 Å². The molecule has 3 rings (SSSR count). The maximum Gasteiger partial charge on any atom is 0.120 e. The van der Waals surface area contributed by atoms with Gasteiger partial charge in [-0.25, -0.2) is 0 Å². The van der Waals surface area contributed by atoms with Crippen LogP contribution in [0.1, 0.15) is 24.0 Å². The Kier molecular flexibility index (Phi) is 4.00. The number of anilines is 2. The number of hydrogen-bond acceptors (Lipinski definition) is 3. The molecule has 0 aromatic heterocycles. The summed E-state index contributed by atoms with van der Waals surface area (Å²) < 4.78 is 0. The van der Waals surface area contributed by atoms with E-state index in [0.29, 0.717) is 5.75 Å². The lowest BCUT2D eigenvalue weighted by atomic mass is 10.1. The van der Waals surface area contributed by atoms with Gasteiger partial charge in [-0.2, -0.15) is 0 Å². The highest BCUT2D eigenvalue weighted by molar-refractivity contribution is 5.52. The Bertz CT molecular complexity index is 601. The lowest BCUT2D eigenvalue weighted by molar-refractivity contribution is 0.471. The van der Waals surface area contributed by atoms with Crippen LogP contribution in [0.15, 0.2) is 42.5 Å². The summed E-state index contributed by atoms with van der Waals surface area (Å²) >= 11 is 0. The summed E-state index contributed by atoms with van der Waals surface area (Å²) in [4.78, 5) is 2.44. The number of rotatable bonds is 4. The molecule has 1 saturated heterocycles. The van der Waals surface area contributed by atoms with Crippen LogP contribution in [-0.2, 0) is 6.54 Å². The topological polar surface area (TPSA) is 35.5 Å². The highest BCUT2D eigenvalue weighted by atomic mass is 16.3. The molecule has 1 aliphatic heterocycles. The quantitative estimate of drug-likeness (QED) is 0.892. The molecule has 21 heavy (non-hydrogen) atoms. The molecule has 2 aromatic carbocycles. The zero-order valence-electron chi connectivity index (χ0n) is 12.5. The zero-order valence-corrected chi connectivity index (χ0v) is 12.5. The molecule has 3 heteroatoms. The molecular weight excluding hydrogens is 260 g/mol. The van der Waals surface area contributed by atoms with Crippen LogP contribution < -0.4 is 10.2 Å². The van der Waals surface area contributed by atoms with Crippen molar-refractivity contribution in [2.45, 2.75) is 26.3 Å². The summed E-state index contributed by atoms with van der Waals surface area (Å²) in [7, 11) is 0. The van der Waals surface area contributed by atoms with E-state index >= 15 is 0 Å². The second-order valence-corrected chi connectivity index (χ2v) is 5.72. The van der Waals surface area contributed by atoms with E-state index in [0.717, 1.165) is 17.8 Å². The molecule has 0 amide bonds. The summed E-state index contributed by atoms with van der Waals surface area (Å²) in [5, 5.41) is 13.1. The fraction of sp³-hybridized carbons (Fsp3) is 0.333. The van der Waals surface area contributed by atoms with Crippen molar-refractivity contribution < 1.29 is 5.11 Å². The predicted molar refractivity (Wildman–Crippen MR) is 88.1 cm³/mol. The van der Waals surface area contributed by atoms with Crippen LogP contribution >= 0.6 is 0 Å². The van der Waals surface area contributed by atoms with Gasteiger partial charge in [0, 0.05) is 37.1 Å². The van der Waals surface area contributed by atoms with Crippen molar-refractivity contribution in [3.8, 4) is 5.75 Å². The Balaban J connectivity index is 1.61. The van der Waals surface area contributed by atoms with E-state index in [1.807, 2.05) is 19.1 Å². The van der Waals surface area contributed by atoms with Gasteiger partial charge in [-0.05, 0) is 49.1 Å². The summed E-state index contributed by atoms with van der Waals surface area (Å²) in [6.07, 6.45) is 2.61. The second kappa shape index (κ2) is 6.08. The Hall–Kier alpha value is -2.16. The Labute approximate surface area is 126 Å². The maximum absolute atomic E-state index is 9.71. The molecule has 0 aliphatic carbocycles. The minimum atomic E-state index is 0.337. The van der Waals surface area contributed by atoms with Gasteiger partial charge in [0.1, 0.15) is 5.75 Å². The van der Waals surface area contributed by atoms with Crippen molar-refractivity contribution in [2.75, 3.05) is 23.3 Å². The van der Waals surface area contributed by atoms with Gasteiger partial charge in [0.25, 0.3) is 0 Å². The van der Waals surface area contributed by atoms with E-state index < -0.39 is 0 Å². The summed E-state index contributed by atoms with van der Waals surface area (Å²) in [5.74, 6) is 0.337. The third-order valence-corrected chi connectivity index (χ3v) is 4.11. The average Bonchev–Trinajstić information content (AvgIpc) is 3.03. The largest absolute Gasteiger partial charge is 0.508 e. The van der Waals surface area contributed by atoms with Crippen LogP contribution in [-0.4, -0.2) is 18.2 Å². The highest BCUT2D eigenvalue weighted by Gasteiger charge is 2.11. The standard InChI is InChI=1S/C18H22N2O/c1-14-4-7-16(12-18(14)21)19-13-15-5-8-17(9-6-15)20-10-2-3-11-20/h4-9,12,19,21H,2-3,10-11,13H2,1H3. The first kappa shape index (κ1) is 13.8. The predicted octanol–water partition coefficient (Wildman–Crippen LogP) is 3.91. The van der Waals surface area contributed by atoms with Gasteiger partial charge in [0.15, 0.2) is 0 Å². The number of nitrogens with zero attached hydrogens (tertiary/aromatic N) is 1. The van der Waals surface area contributed by atoms with Crippen molar-refractivity contribution in [1.82, 2.24) is 0 Å². The molecule has 0 unspecified atom stereocenters. The van der Waals surface area contributed by atoms with Crippen molar-refractivity contribution in [2.24, 2.45) is 0 Å². The van der Waals surface area contributed by atoms with E-state index in [2.05, 4.69) is 34.5 Å². The van der Waals surface area contributed by atoms with Crippen LogP contribution in [0, 0.1) is 6.92 Å². The highest BCUT2D eigenvalue weighted by Crippen LogP contribution is 2.23. The fourth-order valence-electron chi connectivity index (χ4n) is 2.72. The molecule has 0 bridgehead atoms. The fourth-order valence-corrected chi connectivity index (χ4v) is 2.72. The van der Waals surface area contributed by atoms with E-state index in [-0.39, 0.29) is 0 Å². The number of benzene rings is 2. The van der Waals surface area contributed by atoms with Crippen LogP contribution in [0.5, 0.6) is 5.75 Å². The number of hydrogen-bond donors (Lipinski definition) is 2. The molecule has 110 valence electrons. The minimum Gasteiger partial charge on any atom is -0.508 e. The van der Waals surface area contributed by atoms with E-state index in [1.54, 1.807) is 6.07 Å². The van der Waals surface area contributed by atoms with Crippen molar-refractivity contribution in [1.29, 1.82) is 0 Å². The summed E-state index contributed by atoms with van der Waals surface area (Å²) in [5.41, 5.74) is 4.42. The number of nitrogens with one attached hydrogen (secondary N) is 1. The van der Waals surface area contributed by atoms with Gasteiger partial charge in [-0.15, -0.1) is 0 Å². The zero-order chi connectivity index (χ0) is 14.7. The third-order valence-electron chi connectivity index (χ3n) is 4.11. The smallest absolute Gasteiger partial charge is 0.120 e. The molecule has 1 aliphatic rings. The Morgan fingerprint density at radius 3 is 2.43 bits per heavy atom. The van der Waals surface area contributed by atoms with Gasteiger partial charge >= 0.3 is 0 Å². The van der Waals surface area contributed by atoms with Gasteiger partial charge in [0.2, 0.25) is 0 Å². The second-order valence-electron chi connectivity index (χ2n) is 5.72. The van der Waals surface area contributed by atoms with Crippen LogP contribution in [0.4, 0.5) is 11.4 Å². The van der Waals surface area contributed by atoms with Gasteiger partial charge in [0.05, 0.1) is 0 Å². The molecule has 0 radical (unpaired) electrons. The minimum absolute atomic E-state index is 0.337. The molecule has 0 spiro atoms. The summed E-state index contributed by atoms with van der Waals surface area (Å²) in [6, 6.07) is 14.4. The van der Waals surface area contributed by atoms with E-state index in [1.165, 1.54) is 37.2 Å². The van der Waals surface area contributed by atoms with Crippen molar-refractivity contribution >= 4 is 11.4 Å². The van der Waals surface area contributed by atoms with Crippen LogP contribution in [0.2, 0.25) is 0 Å². The van der Waals surface area contributed by atoms with Crippen molar-refractivity contribution in [3.05, 3.63) is 53.6 Å². The lowest BCUT2D eigenvalue weighted by Crippen LogP contribution is -2.17. The first-order valence-corrected chi connectivity index (χ1v) is 7.60. The molecule has 1 heterocycles. The number of aromatic hydroxyl groups is 1. The molecule has 2 aromatic rings. The first-order valence-electron chi connectivity index (χ1n) is 7.60. The number of phenolic OH excluding ortho intramolecular Hbond substituents is 1. The Morgan fingerprint density at radius 2 is 1.76 bits per heavy atom. The Morgan fingerprint density at radius 1 is 1.05 bits per heavy atom. The molecule has 1 fully saturated rings. The number of aryl methyl sites for hydroxylation is 1. The normalized spacial score (nSPS) is 14.4. The molecule has 0 atom stereocenters. The van der Waals surface area contributed by atoms with Crippen molar-refractivity contribution in [3.63, 3.8) is 0 Å². The summed E-state index contributed by atoms with van der Waals surface area (Å²) in [6.45, 7) is 5.03. The SMILES string of the molecule is Cc1ccc(NCc2ccc(N3CCCC3)cc2)cc1O. The molecular formula is C18H22N2O. The third kappa shape index (κ3) is 3.30. The van der Waals surface area contributed by atoms with Gasteiger partial charge in [-0.1, -0.05) is 18.2 Å². The molecule has 2 N–H and O–H groups in total. The van der Waals surface area contributed by atoms with Crippen LogP contribution in [0.3, 0.4) is 0 Å². The number of phenols is 1. The van der Waals surface area contributed by atoms with E-state index in [9.17, 15) is 5.11 Å². The maximum atomic E-state index is 9.71. The van der Waals surface area contributed by atoms with E-state index in [4.69, 9.17) is 0 Å². The molecule has 0 saturated carbocycles.